The van der Waals surface area contributed by atoms with Crippen molar-refractivity contribution < 1.29 is 19.6 Å². The highest BCUT2D eigenvalue weighted by Crippen LogP contribution is 1.84. The van der Waals surface area contributed by atoms with Gasteiger partial charge in [0, 0.05) is 0 Å². The summed E-state index contributed by atoms with van der Waals surface area (Å²) in [6.07, 6.45) is 0. The molecule has 0 rings (SSSR count). The summed E-state index contributed by atoms with van der Waals surface area (Å²) in [5, 5.41) is 22.4. The minimum atomic E-state index is 0. The molecule has 5 heteroatoms. The first-order valence-electron chi connectivity index (χ1n) is 2.99. The maximum absolute atomic E-state index is 8.39. The highest BCUT2D eigenvalue weighted by atomic mass is 16.4. The zero-order valence-electron chi connectivity index (χ0n) is 6.78. The molecule has 0 unspecified atom stereocenters. The molecule has 0 saturated heterocycles. The van der Waals surface area contributed by atoms with Crippen LogP contribution >= 0.6 is 0 Å². The summed E-state index contributed by atoms with van der Waals surface area (Å²) < 4.78 is 0.844. The third-order valence-corrected chi connectivity index (χ3v) is 0.771. The molecule has 0 aromatic carbocycles. The molecule has 0 atom stereocenters. The molecule has 0 aromatic rings. The van der Waals surface area contributed by atoms with Crippen molar-refractivity contribution in [2.75, 3.05) is 34.3 Å². The van der Waals surface area contributed by atoms with Crippen molar-refractivity contribution in [1.82, 2.24) is 0 Å². The van der Waals surface area contributed by atoms with Crippen LogP contribution in [-0.4, -0.2) is 61.6 Å². The van der Waals surface area contributed by atoms with Gasteiger partial charge in [-0.1, -0.05) is 0 Å². The van der Waals surface area contributed by atoms with Gasteiger partial charge < -0.3 is 19.6 Å². The van der Waals surface area contributed by atoms with Gasteiger partial charge >= 0.3 is 7.69 Å². The monoisotopic (exact) mass is 149 g/mol. The fourth-order valence-corrected chi connectivity index (χ4v) is 0.300. The Morgan fingerprint density at radius 3 is 1.50 bits per heavy atom. The molecule has 10 heavy (non-hydrogen) atoms. The largest absolute Gasteiger partial charge is 0.482 e. The fourth-order valence-electron chi connectivity index (χ4n) is 0.300. The molecule has 4 nitrogen and oxygen atoms in total. The molecule has 0 bridgehead atoms. The quantitative estimate of drug-likeness (QED) is 0.320. The molecule has 61 valence electrons. The van der Waals surface area contributed by atoms with Gasteiger partial charge in [0.25, 0.3) is 0 Å². The minimum Gasteiger partial charge on any atom is -0.429 e. The van der Waals surface area contributed by atoms with Gasteiger partial charge in [0.05, 0.1) is 27.7 Å². The van der Waals surface area contributed by atoms with E-state index in [1.165, 1.54) is 0 Å². The van der Waals surface area contributed by atoms with Crippen molar-refractivity contribution in [2.24, 2.45) is 0 Å². The maximum atomic E-state index is 8.39. The van der Waals surface area contributed by atoms with Crippen LogP contribution in [0.5, 0.6) is 0 Å². The van der Waals surface area contributed by atoms with Gasteiger partial charge in [-0.15, -0.1) is 0 Å². The molecule has 0 fully saturated rings. The van der Waals surface area contributed by atoms with Crippen LogP contribution in [0.15, 0.2) is 0 Å². The Labute approximate surface area is 62.6 Å². The number of rotatable bonds is 2. The predicted molar refractivity (Wildman–Crippen MR) is 40.2 cm³/mol. The van der Waals surface area contributed by atoms with Crippen LogP contribution in [-0.2, 0) is 0 Å². The average molecular weight is 149 g/mol. The Balaban J connectivity index is 0. The van der Waals surface area contributed by atoms with Gasteiger partial charge in [-0.2, -0.15) is 0 Å². The van der Waals surface area contributed by atoms with Gasteiger partial charge in [0.1, 0.15) is 6.54 Å². The molecule has 0 aliphatic heterocycles. The van der Waals surface area contributed by atoms with E-state index in [4.69, 9.17) is 15.2 Å². The third kappa shape index (κ3) is 24.7. The lowest BCUT2D eigenvalue weighted by molar-refractivity contribution is -0.870. The number of aliphatic hydroxyl groups excluding tert-OH is 1. The van der Waals surface area contributed by atoms with Crippen molar-refractivity contribution >= 4 is 7.69 Å². The van der Waals surface area contributed by atoms with Crippen molar-refractivity contribution in [3.63, 3.8) is 0 Å². The van der Waals surface area contributed by atoms with Gasteiger partial charge in [0.15, 0.2) is 0 Å². The highest BCUT2D eigenvalue weighted by Gasteiger charge is 2.02. The average Bonchev–Trinajstić information content (AvgIpc) is 1.63. The van der Waals surface area contributed by atoms with E-state index in [-0.39, 0.29) is 14.3 Å². The van der Waals surface area contributed by atoms with Crippen LogP contribution < -0.4 is 0 Å². The topological polar surface area (TPSA) is 60.7 Å². The molecule has 0 saturated carbocycles. The SMILES string of the molecule is C[N+](C)(C)CCO.O[B]O. The standard InChI is InChI=1S/C5H14NO.BH2O2/c1-6(2,3)4-5-7;2-1-3/h7H,4-5H2,1-3H3;2-3H/q+1;. The Bertz CT molecular complexity index is 64.4. The van der Waals surface area contributed by atoms with Gasteiger partial charge in [-0.3, -0.25) is 0 Å². The summed E-state index contributed by atoms with van der Waals surface area (Å²) in [5.74, 6) is 0. The van der Waals surface area contributed by atoms with Gasteiger partial charge in [-0.05, 0) is 0 Å². The molecule has 0 spiro atoms. The van der Waals surface area contributed by atoms with E-state index in [2.05, 4.69) is 21.1 Å². The second kappa shape index (κ2) is 7.02. The van der Waals surface area contributed by atoms with Crippen LogP contribution in [0, 0.1) is 0 Å². The smallest absolute Gasteiger partial charge is 0.429 e. The van der Waals surface area contributed by atoms with Crippen LogP contribution in [0.1, 0.15) is 0 Å². The zero-order valence-corrected chi connectivity index (χ0v) is 6.78. The number of hydrogen-bond donors (Lipinski definition) is 3. The zero-order chi connectivity index (χ0) is 8.62. The highest BCUT2D eigenvalue weighted by molar-refractivity contribution is 6.13. The molecule has 1 radical (unpaired) electrons. The number of nitrogens with zero attached hydrogens (tertiary/aromatic N) is 1. The van der Waals surface area contributed by atoms with Crippen LogP contribution in [0.25, 0.3) is 0 Å². The summed E-state index contributed by atoms with van der Waals surface area (Å²) in [5.41, 5.74) is 0. The van der Waals surface area contributed by atoms with Crippen molar-refractivity contribution in [3.05, 3.63) is 0 Å². The Morgan fingerprint density at radius 2 is 1.50 bits per heavy atom. The summed E-state index contributed by atoms with van der Waals surface area (Å²) in [6.45, 7) is 1.11. The summed E-state index contributed by atoms with van der Waals surface area (Å²) >= 11 is 0. The number of quaternary nitrogens is 1. The van der Waals surface area contributed by atoms with Gasteiger partial charge in [0.2, 0.25) is 0 Å². The van der Waals surface area contributed by atoms with Gasteiger partial charge in [-0.25, -0.2) is 0 Å². The number of hydrogen-bond acceptors (Lipinski definition) is 3. The van der Waals surface area contributed by atoms with Crippen molar-refractivity contribution in [3.8, 4) is 0 Å². The lowest BCUT2D eigenvalue weighted by Crippen LogP contribution is -2.36. The van der Waals surface area contributed by atoms with Crippen LogP contribution in [0.4, 0.5) is 0 Å². The first-order valence-corrected chi connectivity index (χ1v) is 2.99. The Hall–Kier alpha value is -0.0951. The van der Waals surface area contributed by atoms with E-state index in [0.29, 0.717) is 0 Å². The lowest BCUT2D eigenvalue weighted by atomic mass is 10.5. The summed E-state index contributed by atoms with van der Waals surface area (Å²) in [6, 6.07) is 0. The van der Waals surface area contributed by atoms with E-state index < -0.39 is 0 Å². The van der Waals surface area contributed by atoms with E-state index in [1.807, 2.05) is 0 Å². The summed E-state index contributed by atoms with van der Waals surface area (Å²) in [4.78, 5) is 0. The number of aliphatic hydroxyl groups is 1. The van der Waals surface area contributed by atoms with Crippen LogP contribution in [0.2, 0.25) is 0 Å². The molecule has 0 aromatic heterocycles. The Morgan fingerprint density at radius 1 is 1.20 bits per heavy atom. The minimum absolute atomic E-state index is 0. The molecule has 0 aliphatic rings. The lowest BCUT2D eigenvalue weighted by Gasteiger charge is -2.21. The first-order chi connectivity index (χ1) is 4.47. The molecule has 0 heterocycles. The summed E-state index contributed by atoms with van der Waals surface area (Å²) in [7, 11) is 6.16. The van der Waals surface area contributed by atoms with E-state index >= 15 is 0 Å². The van der Waals surface area contributed by atoms with Crippen molar-refractivity contribution in [2.45, 2.75) is 0 Å². The normalized spacial score (nSPS) is 9.80. The molecular formula is C5H16BNO3+. The Kier molecular flexibility index (Phi) is 8.82. The molecular weight excluding hydrogens is 133 g/mol. The molecule has 0 amide bonds. The first kappa shape index (κ1) is 12.6. The second-order valence-electron chi connectivity index (χ2n) is 2.85. The van der Waals surface area contributed by atoms with Crippen LogP contribution in [0.3, 0.4) is 0 Å². The van der Waals surface area contributed by atoms with E-state index in [9.17, 15) is 0 Å². The van der Waals surface area contributed by atoms with E-state index in [1.54, 1.807) is 0 Å². The number of likely N-dealkylation sites (N-methyl/N-ethyl adjacent to an activating group) is 1. The predicted octanol–water partition coefficient (Wildman–Crippen LogP) is -1.81. The van der Waals surface area contributed by atoms with E-state index in [0.717, 1.165) is 11.0 Å². The molecule has 0 aliphatic carbocycles. The second-order valence-corrected chi connectivity index (χ2v) is 2.85. The molecule has 3 N–H and O–H groups in total. The fraction of sp³-hybridized carbons (Fsp3) is 1.00. The third-order valence-electron chi connectivity index (χ3n) is 0.771. The maximum Gasteiger partial charge on any atom is 0.482 e. The van der Waals surface area contributed by atoms with Crippen molar-refractivity contribution in [1.29, 1.82) is 0 Å².